The van der Waals surface area contributed by atoms with Crippen LogP contribution in [0.3, 0.4) is 0 Å². The number of likely N-dealkylation sites (N-methyl/N-ethyl adjacent to an activating group) is 1. The topological polar surface area (TPSA) is 61.7 Å². The maximum absolute atomic E-state index is 13.9. The Bertz CT molecular complexity index is 1250. The van der Waals surface area contributed by atoms with Crippen molar-refractivity contribution >= 4 is 31.8 Å². The second kappa shape index (κ2) is 11.5. The molecule has 1 fully saturated rings. The van der Waals surface area contributed by atoms with Gasteiger partial charge in [0, 0.05) is 48.8 Å². The fraction of sp³-hybridized carbons (Fsp3) is 0.444. The average molecular weight is 575 g/mol. The first kappa shape index (κ1) is 26.9. The minimum atomic E-state index is -3.71. The molecule has 1 aliphatic heterocycles. The number of anilines is 1. The lowest BCUT2D eigenvalue weighted by Crippen LogP contribution is -2.47. The van der Waals surface area contributed by atoms with E-state index < -0.39 is 10.0 Å². The van der Waals surface area contributed by atoms with Gasteiger partial charge in [-0.25, -0.2) is 13.1 Å². The van der Waals surface area contributed by atoms with Gasteiger partial charge in [0.1, 0.15) is 5.82 Å². The Morgan fingerprint density at radius 3 is 2.22 bits per heavy atom. The van der Waals surface area contributed by atoms with Crippen molar-refractivity contribution in [3.63, 3.8) is 0 Å². The molecule has 9 heteroatoms. The number of benzene rings is 2. The molecular formula is C27H36BrN5O2S. The fourth-order valence-electron chi connectivity index (χ4n) is 4.66. The van der Waals surface area contributed by atoms with Crippen LogP contribution in [-0.2, 0) is 16.6 Å². The van der Waals surface area contributed by atoms with E-state index in [9.17, 15) is 8.42 Å². The van der Waals surface area contributed by atoms with Gasteiger partial charge in [0.25, 0.3) is 0 Å². The molecule has 1 aromatic heterocycles. The second-order valence-corrected chi connectivity index (χ2v) is 12.1. The van der Waals surface area contributed by atoms with Crippen molar-refractivity contribution in [3.05, 3.63) is 70.3 Å². The number of rotatable bonds is 9. The molecule has 0 amide bonds. The molecule has 4 rings (SSSR count). The normalized spacial score (nSPS) is 16.0. The molecule has 0 N–H and O–H groups in total. The number of hydrogen-bond acceptors (Lipinski definition) is 5. The largest absolute Gasteiger partial charge is 0.354 e. The lowest BCUT2D eigenvalue weighted by Gasteiger charge is -2.36. The molecule has 2 aromatic carbocycles. The Kier molecular flexibility index (Phi) is 8.55. The highest BCUT2D eigenvalue weighted by molar-refractivity contribution is 9.10. The SMILES string of the molecule is CC[C@@H](C)N(Cc1c(C)nn(-c2ccccc2)c1N1CCN(CC)CC1)S(=O)(=O)c1ccc(Br)cc1. The molecule has 36 heavy (non-hydrogen) atoms. The zero-order valence-corrected chi connectivity index (χ0v) is 24.0. The third-order valence-corrected chi connectivity index (χ3v) is 9.60. The van der Waals surface area contributed by atoms with Crippen LogP contribution in [0.1, 0.15) is 38.4 Å². The fourth-order valence-corrected chi connectivity index (χ4v) is 6.60. The number of halogens is 1. The maximum atomic E-state index is 13.9. The van der Waals surface area contributed by atoms with E-state index in [1.54, 1.807) is 28.6 Å². The van der Waals surface area contributed by atoms with Gasteiger partial charge in [0.05, 0.1) is 16.3 Å². The van der Waals surface area contributed by atoms with Gasteiger partial charge in [0.15, 0.2) is 0 Å². The summed E-state index contributed by atoms with van der Waals surface area (Å²) in [5.41, 5.74) is 2.79. The lowest BCUT2D eigenvalue weighted by molar-refractivity contribution is 0.269. The quantitative estimate of drug-likeness (QED) is 0.357. The van der Waals surface area contributed by atoms with Crippen molar-refractivity contribution in [2.45, 2.75) is 51.6 Å². The molecule has 3 aromatic rings. The van der Waals surface area contributed by atoms with Crippen molar-refractivity contribution < 1.29 is 8.42 Å². The summed E-state index contributed by atoms with van der Waals surface area (Å²) in [4.78, 5) is 5.11. The minimum Gasteiger partial charge on any atom is -0.354 e. The highest BCUT2D eigenvalue weighted by atomic mass is 79.9. The number of hydrogen-bond donors (Lipinski definition) is 0. The molecule has 1 aliphatic rings. The van der Waals surface area contributed by atoms with Gasteiger partial charge in [-0.1, -0.05) is 48.0 Å². The highest BCUT2D eigenvalue weighted by Crippen LogP contribution is 2.32. The summed E-state index contributed by atoms with van der Waals surface area (Å²) in [5, 5.41) is 4.93. The number of nitrogens with zero attached hydrogens (tertiary/aromatic N) is 5. The summed E-state index contributed by atoms with van der Waals surface area (Å²) < 4.78 is 32.2. The molecule has 1 atom stereocenters. The number of aromatic nitrogens is 2. The van der Waals surface area contributed by atoms with Crippen molar-refractivity contribution in [1.29, 1.82) is 0 Å². The summed E-state index contributed by atoms with van der Waals surface area (Å²) in [6.07, 6.45) is 0.714. The predicted molar refractivity (Wildman–Crippen MR) is 149 cm³/mol. The van der Waals surface area contributed by atoms with Gasteiger partial charge in [-0.05, 0) is 63.2 Å². The lowest BCUT2D eigenvalue weighted by atomic mass is 10.1. The van der Waals surface area contributed by atoms with Gasteiger partial charge in [0.2, 0.25) is 10.0 Å². The second-order valence-electron chi connectivity index (χ2n) is 9.32. The van der Waals surface area contributed by atoms with E-state index in [0.717, 1.165) is 60.0 Å². The maximum Gasteiger partial charge on any atom is 0.243 e. The first-order valence-electron chi connectivity index (χ1n) is 12.6. The molecule has 0 saturated carbocycles. The molecule has 0 unspecified atom stereocenters. The third-order valence-electron chi connectivity index (χ3n) is 7.09. The van der Waals surface area contributed by atoms with E-state index in [-0.39, 0.29) is 12.6 Å². The Labute approximate surface area is 223 Å². The Morgan fingerprint density at radius 2 is 1.64 bits per heavy atom. The van der Waals surface area contributed by atoms with E-state index in [2.05, 4.69) is 32.7 Å². The smallest absolute Gasteiger partial charge is 0.243 e. The molecule has 194 valence electrons. The van der Waals surface area contributed by atoms with E-state index in [0.29, 0.717) is 11.3 Å². The van der Waals surface area contributed by atoms with Crippen molar-refractivity contribution in [1.82, 2.24) is 19.0 Å². The zero-order chi connectivity index (χ0) is 25.9. The number of para-hydroxylation sites is 1. The van der Waals surface area contributed by atoms with Gasteiger partial charge in [-0.2, -0.15) is 9.40 Å². The number of aryl methyl sites for hydroxylation is 1. The van der Waals surface area contributed by atoms with E-state index >= 15 is 0 Å². The molecule has 7 nitrogen and oxygen atoms in total. The Morgan fingerprint density at radius 1 is 1.00 bits per heavy atom. The van der Waals surface area contributed by atoms with Crippen LogP contribution in [0.15, 0.2) is 64.0 Å². The summed E-state index contributed by atoms with van der Waals surface area (Å²) in [5.74, 6) is 0.994. The van der Waals surface area contributed by atoms with Crippen LogP contribution in [0.25, 0.3) is 5.69 Å². The molecule has 1 saturated heterocycles. The summed E-state index contributed by atoms with van der Waals surface area (Å²) in [7, 11) is -3.71. The molecule has 0 aliphatic carbocycles. The number of piperazine rings is 1. The summed E-state index contributed by atoms with van der Waals surface area (Å²) >= 11 is 3.41. The minimum absolute atomic E-state index is 0.164. The summed E-state index contributed by atoms with van der Waals surface area (Å²) in [6.45, 7) is 13.2. The first-order valence-corrected chi connectivity index (χ1v) is 14.9. The van der Waals surface area contributed by atoms with Crippen LogP contribution in [0, 0.1) is 6.92 Å². The monoisotopic (exact) mass is 573 g/mol. The molecule has 0 radical (unpaired) electrons. The Balaban J connectivity index is 1.79. The van der Waals surface area contributed by atoms with Gasteiger partial charge in [-0.3, -0.25) is 0 Å². The Hall–Kier alpha value is -2.20. The van der Waals surface area contributed by atoms with Crippen LogP contribution < -0.4 is 4.90 Å². The first-order chi connectivity index (χ1) is 17.3. The standard InChI is InChI=1S/C27H36BrN5O2S/c1-5-21(3)32(36(34,35)25-14-12-23(28)13-15-25)20-26-22(4)29-33(24-10-8-7-9-11-24)27(26)31-18-16-30(6-2)17-19-31/h7-15,21H,5-6,16-20H2,1-4H3/t21-/m1/s1. The highest BCUT2D eigenvalue weighted by Gasteiger charge is 2.33. The molecular weight excluding hydrogens is 538 g/mol. The van der Waals surface area contributed by atoms with Crippen LogP contribution in [0.5, 0.6) is 0 Å². The van der Waals surface area contributed by atoms with Gasteiger partial charge in [-0.15, -0.1) is 0 Å². The van der Waals surface area contributed by atoms with Crippen LogP contribution in [0.4, 0.5) is 5.82 Å². The van der Waals surface area contributed by atoms with E-state index in [1.165, 1.54) is 0 Å². The van der Waals surface area contributed by atoms with Crippen LogP contribution in [-0.4, -0.2) is 66.2 Å². The van der Waals surface area contributed by atoms with E-state index in [4.69, 9.17) is 5.10 Å². The zero-order valence-electron chi connectivity index (χ0n) is 21.6. The van der Waals surface area contributed by atoms with Crippen molar-refractivity contribution in [3.8, 4) is 5.69 Å². The van der Waals surface area contributed by atoms with Crippen molar-refractivity contribution in [2.24, 2.45) is 0 Å². The van der Waals surface area contributed by atoms with E-state index in [1.807, 2.05) is 55.8 Å². The molecule has 2 heterocycles. The average Bonchev–Trinajstić information content (AvgIpc) is 3.23. The summed E-state index contributed by atoms with van der Waals surface area (Å²) in [6, 6.07) is 16.8. The van der Waals surface area contributed by atoms with Crippen LogP contribution in [0.2, 0.25) is 0 Å². The predicted octanol–water partition coefficient (Wildman–Crippen LogP) is 5.07. The van der Waals surface area contributed by atoms with Gasteiger partial charge >= 0.3 is 0 Å². The van der Waals surface area contributed by atoms with Crippen molar-refractivity contribution in [2.75, 3.05) is 37.6 Å². The number of sulfonamides is 1. The third kappa shape index (κ3) is 5.54. The van der Waals surface area contributed by atoms with Gasteiger partial charge < -0.3 is 9.80 Å². The molecule has 0 bridgehead atoms. The molecule has 0 spiro atoms. The van der Waals surface area contributed by atoms with Crippen LogP contribution >= 0.6 is 15.9 Å².